The highest BCUT2D eigenvalue weighted by Crippen LogP contribution is 2.25. The quantitative estimate of drug-likeness (QED) is 0.845. The molecule has 0 saturated carbocycles. The van der Waals surface area contributed by atoms with E-state index >= 15 is 0 Å². The topological polar surface area (TPSA) is 52.7 Å². The highest BCUT2D eigenvalue weighted by Gasteiger charge is 2.30. The number of hydrogen-bond donors (Lipinski definition) is 1. The van der Waals surface area contributed by atoms with Crippen LogP contribution in [0.5, 0.6) is 0 Å². The van der Waals surface area contributed by atoms with Gasteiger partial charge >= 0.3 is 0 Å². The van der Waals surface area contributed by atoms with E-state index in [0.29, 0.717) is 18.0 Å². The van der Waals surface area contributed by atoms with Gasteiger partial charge < -0.3 is 15.1 Å². The fourth-order valence-electron chi connectivity index (χ4n) is 2.57. The van der Waals surface area contributed by atoms with Crippen molar-refractivity contribution < 1.29 is 9.59 Å². The van der Waals surface area contributed by atoms with Gasteiger partial charge in [-0.1, -0.05) is 24.3 Å². The molecule has 126 valence electrons. The van der Waals surface area contributed by atoms with Crippen LogP contribution in [0.3, 0.4) is 0 Å². The molecular formula is C18H21N3O2S. The zero-order valence-corrected chi connectivity index (χ0v) is 14.7. The summed E-state index contributed by atoms with van der Waals surface area (Å²) in [6.07, 6.45) is 3.45. The summed E-state index contributed by atoms with van der Waals surface area (Å²) in [6.45, 7) is 1.88. The smallest absolute Gasteiger partial charge is 0.261 e. The third-order valence-corrected chi connectivity index (χ3v) is 5.02. The number of amides is 2. The summed E-state index contributed by atoms with van der Waals surface area (Å²) in [7, 11) is 3.91. The molecule has 1 aromatic carbocycles. The molecule has 1 aliphatic rings. The molecule has 1 fully saturated rings. The maximum absolute atomic E-state index is 12.3. The summed E-state index contributed by atoms with van der Waals surface area (Å²) in [6, 6.07) is 9.91. The number of rotatable bonds is 5. The standard InChI is InChI=1S/C18H21N3O2S/c1-20(2)9-5-8-17(22)21-11-14(12-21)19-18(23)16-10-13-6-3-4-7-15(13)24-16/h3-8,10,14H,9,11-12H2,1-2H3,(H,19,23)/b8-5+. The van der Waals surface area contributed by atoms with Crippen molar-refractivity contribution in [1.29, 1.82) is 0 Å². The van der Waals surface area contributed by atoms with Crippen molar-refractivity contribution in [3.63, 3.8) is 0 Å². The molecule has 1 aliphatic heterocycles. The third kappa shape index (κ3) is 3.83. The molecule has 1 aromatic heterocycles. The average Bonchev–Trinajstić information content (AvgIpc) is 2.93. The van der Waals surface area contributed by atoms with Crippen molar-refractivity contribution in [2.45, 2.75) is 6.04 Å². The van der Waals surface area contributed by atoms with Crippen LogP contribution in [-0.2, 0) is 4.79 Å². The van der Waals surface area contributed by atoms with Crippen LogP contribution in [0, 0.1) is 0 Å². The third-order valence-electron chi connectivity index (χ3n) is 3.91. The first-order chi connectivity index (χ1) is 11.5. The Morgan fingerprint density at radius 2 is 2.08 bits per heavy atom. The van der Waals surface area contributed by atoms with Crippen molar-refractivity contribution in [2.75, 3.05) is 33.7 Å². The molecule has 0 spiro atoms. The molecule has 5 nitrogen and oxygen atoms in total. The molecule has 1 N–H and O–H groups in total. The van der Waals surface area contributed by atoms with Crippen molar-refractivity contribution in [3.8, 4) is 0 Å². The SMILES string of the molecule is CN(C)C/C=C/C(=O)N1CC(NC(=O)c2cc3ccccc3s2)C1. The number of nitrogens with zero attached hydrogens (tertiary/aromatic N) is 2. The molecular weight excluding hydrogens is 322 g/mol. The van der Waals surface area contributed by atoms with E-state index in [4.69, 9.17) is 0 Å². The van der Waals surface area contributed by atoms with Crippen molar-refractivity contribution in [1.82, 2.24) is 15.1 Å². The first-order valence-electron chi connectivity index (χ1n) is 7.92. The van der Waals surface area contributed by atoms with Crippen LogP contribution in [-0.4, -0.2) is 61.4 Å². The molecule has 0 atom stereocenters. The lowest BCUT2D eigenvalue weighted by molar-refractivity contribution is -0.130. The lowest BCUT2D eigenvalue weighted by Crippen LogP contribution is -2.60. The fraction of sp³-hybridized carbons (Fsp3) is 0.333. The Morgan fingerprint density at radius 3 is 2.79 bits per heavy atom. The predicted molar refractivity (Wildman–Crippen MR) is 97.4 cm³/mol. The molecule has 6 heteroatoms. The number of hydrogen-bond acceptors (Lipinski definition) is 4. The number of carbonyl (C=O) groups is 2. The van der Waals surface area contributed by atoms with E-state index in [2.05, 4.69) is 5.32 Å². The summed E-state index contributed by atoms with van der Waals surface area (Å²) in [5, 5.41) is 4.09. The fourth-order valence-corrected chi connectivity index (χ4v) is 3.54. The maximum atomic E-state index is 12.3. The summed E-state index contributed by atoms with van der Waals surface area (Å²) in [5.74, 6) is -0.0549. The molecule has 0 unspecified atom stereocenters. The molecule has 3 rings (SSSR count). The van der Waals surface area contributed by atoms with Gasteiger partial charge in [0.25, 0.3) is 5.91 Å². The summed E-state index contributed by atoms with van der Waals surface area (Å²) in [5.41, 5.74) is 0. The lowest BCUT2D eigenvalue weighted by Gasteiger charge is -2.38. The van der Waals surface area contributed by atoms with E-state index in [-0.39, 0.29) is 17.9 Å². The van der Waals surface area contributed by atoms with Gasteiger partial charge in [0.2, 0.25) is 5.91 Å². The van der Waals surface area contributed by atoms with Crippen LogP contribution in [0.4, 0.5) is 0 Å². The monoisotopic (exact) mass is 343 g/mol. The Morgan fingerprint density at radius 1 is 1.33 bits per heavy atom. The molecule has 2 aromatic rings. The minimum atomic E-state index is -0.0588. The number of benzene rings is 1. The van der Waals surface area contributed by atoms with Crippen LogP contribution >= 0.6 is 11.3 Å². The van der Waals surface area contributed by atoms with E-state index in [9.17, 15) is 9.59 Å². The zero-order chi connectivity index (χ0) is 17.1. The number of likely N-dealkylation sites (N-methyl/N-ethyl adjacent to an activating group) is 1. The summed E-state index contributed by atoms with van der Waals surface area (Å²) < 4.78 is 1.11. The van der Waals surface area contributed by atoms with Crippen LogP contribution < -0.4 is 5.32 Å². The van der Waals surface area contributed by atoms with Gasteiger partial charge in [-0.25, -0.2) is 0 Å². The van der Waals surface area contributed by atoms with Crippen molar-refractivity contribution in [2.24, 2.45) is 0 Å². The van der Waals surface area contributed by atoms with E-state index in [1.54, 1.807) is 11.0 Å². The largest absolute Gasteiger partial charge is 0.345 e. The Labute approximate surface area is 145 Å². The Bertz CT molecular complexity index is 742. The van der Waals surface area contributed by atoms with Crippen LogP contribution in [0.15, 0.2) is 42.5 Å². The van der Waals surface area contributed by atoms with E-state index < -0.39 is 0 Å². The number of fused-ring (bicyclic) bond motifs is 1. The van der Waals surface area contributed by atoms with Gasteiger partial charge in [-0.3, -0.25) is 9.59 Å². The lowest BCUT2D eigenvalue weighted by atomic mass is 10.1. The van der Waals surface area contributed by atoms with E-state index in [1.165, 1.54) is 11.3 Å². The van der Waals surface area contributed by atoms with Gasteiger partial charge in [0.15, 0.2) is 0 Å². The first-order valence-corrected chi connectivity index (χ1v) is 8.74. The van der Waals surface area contributed by atoms with Gasteiger partial charge in [-0.05, 0) is 31.6 Å². The normalized spacial score (nSPS) is 15.2. The van der Waals surface area contributed by atoms with Crippen molar-refractivity contribution >= 4 is 33.2 Å². The first kappa shape index (κ1) is 16.7. The minimum absolute atomic E-state index is 0.00390. The molecule has 1 saturated heterocycles. The molecule has 0 radical (unpaired) electrons. The molecule has 2 amide bonds. The highest BCUT2D eigenvalue weighted by molar-refractivity contribution is 7.20. The zero-order valence-electron chi connectivity index (χ0n) is 13.9. The molecule has 24 heavy (non-hydrogen) atoms. The Kier molecular flexibility index (Phi) is 4.97. The Hall–Kier alpha value is -2.18. The predicted octanol–water partition coefficient (Wildman–Crippen LogP) is 1.96. The summed E-state index contributed by atoms with van der Waals surface area (Å²) in [4.78, 5) is 28.7. The second-order valence-electron chi connectivity index (χ2n) is 6.23. The van der Waals surface area contributed by atoms with E-state index in [0.717, 1.165) is 16.6 Å². The summed E-state index contributed by atoms with van der Waals surface area (Å²) >= 11 is 1.49. The van der Waals surface area contributed by atoms with Crippen molar-refractivity contribution in [3.05, 3.63) is 47.4 Å². The van der Waals surface area contributed by atoms with Gasteiger partial charge in [0.05, 0.1) is 10.9 Å². The van der Waals surface area contributed by atoms with Gasteiger partial charge in [0, 0.05) is 30.4 Å². The Balaban J connectivity index is 1.49. The van der Waals surface area contributed by atoms with Crippen LogP contribution in [0.1, 0.15) is 9.67 Å². The van der Waals surface area contributed by atoms with Crippen LogP contribution in [0.2, 0.25) is 0 Å². The maximum Gasteiger partial charge on any atom is 0.261 e. The second kappa shape index (κ2) is 7.15. The van der Waals surface area contributed by atoms with Gasteiger partial charge in [-0.15, -0.1) is 11.3 Å². The minimum Gasteiger partial charge on any atom is -0.345 e. The van der Waals surface area contributed by atoms with Gasteiger partial charge in [-0.2, -0.15) is 0 Å². The molecule has 0 bridgehead atoms. The number of carbonyl (C=O) groups excluding carboxylic acids is 2. The van der Waals surface area contributed by atoms with Gasteiger partial charge in [0.1, 0.15) is 0 Å². The van der Waals surface area contributed by atoms with E-state index in [1.807, 2.05) is 55.4 Å². The highest BCUT2D eigenvalue weighted by atomic mass is 32.1. The number of nitrogens with one attached hydrogen (secondary N) is 1. The number of likely N-dealkylation sites (tertiary alicyclic amines) is 1. The average molecular weight is 343 g/mol. The van der Waals surface area contributed by atoms with Crippen LogP contribution in [0.25, 0.3) is 10.1 Å². The molecule has 0 aliphatic carbocycles. The molecule has 2 heterocycles. The number of thiophene rings is 1. The second-order valence-corrected chi connectivity index (χ2v) is 7.31.